The maximum absolute atomic E-state index is 10.3. The molecule has 7 heteroatoms. The first kappa shape index (κ1) is 11.0. The Hall–Kier alpha value is -1.08. The van der Waals surface area contributed by atoms with Gasteiger partial charge in [-0.2, -0.15) is 0 Å². The van der Waals surface area contributed by atoms with Gasteiger partial charge in [-0.25, -0.2) is 4.79 Å². The minimum atomic E-state index is -0.931. The van der Waals surface area contributed by atoms with E-state index in [2.05, 4.69) is 10.2 Å². The molecule has 0 fully saturated rings. The Morgan fingerprint density at radius 2 is 2.43 bits per heavy atom. The summed E-state index contributed by atoms with van der Waals surface area (Å²) in [5.74, 6) is -0.346. The molecule has 1 rings (SSSR count). The molecule has 0 radical (unpaired) electrons. The van der Waals surface area contributed by atoms with Gasteiger partial charge in [-0.05, 0) is 6.92 Å². The minimum Gasteiger partial charge on any atom is -0.478 e. The van der Waals surface area contributed by atoms with Gasteiger partial charge in [-0.3, -0.25) is 0 Å². The van der Waals surface area contributed by atoms with Crippen LogP contribution in [0.15, 0.2) is 16.0 Å². The van der Waals surface area contributed by atoms with Crippen LogP contribution >= 0.6 is 23.1 Å². The predicted molar refractivity (Wildman–Crippen MR) is 56.4 cm³/mol. The van der Waals surface area contributed by atoms with Crippen LogP contribution in [0.5, 0.6) is 0 Å². The summed E-state index contributed by atoms with van der Waals surface area (Å²) in [6.45, 7) is 1.76. The topological polar surface area (TPSA) is 89.1 Å². The molecule has 14 heavy (non-hydrogen) atoms. The lowest BCUT2D eigenvalue weighted by molar-refractivity contribution is -0.131. The second-order valence-electron chi connectivity index (χ2n) is 2.52. The van der Waals surface area contributed by atoms with Crippen LogP contribution in [-0.4, -0.2) is 27.0 Å². The third-order valence-corrected chi connectivity index (χ3v) is 3.29. The molecule has 0 bridgehead atoms. The van der Waals surface area contributed by atoms with E-state index in [0.717, 1.165) is 9.91 Å². The Labute approximate surface area is 89.0 Å². The first-order valence-electron chi connectivity index (χ1n) is 3.70. The number of anilines is 1. The van der Waals surface area contributed by atoms with Crippen LogP contribution in [0.2, 0.25) is 0 Å². The van der Waals surface area contributed by atoms with E-state index in [1.165, 1.54) is 29.2 Å². The van der Waals surface area contributed by atoms with Crippen molar-refractivity contribution >= 4 is 34.2 Å². The molecule has 1 heterocycles. The summed E-state index contributed by atoms with van der Waals surface area (Å²) in [6.07, 6.45) is 1.18. The number of carboxylic acid groups (broad SMARTS) is 1. The van der Waals surface area contributed by atoms with E-state index >= 15 is 0 Å². The molecule has 1 aromatic rings. The number of thioether (sulfide) groups is 1. The standard InChI is InChI=1S/C7H9N3O2S2/c1-4(2-5(11)12)3-13-7-10-9-6(8)14-7/h2H,3H2,1H3,(H2,8,9)(H,11,12). The Bertz CT molecular complexity index is 362. The van der Waals surface area contributed by atoms with Gasteiger partial charge >= 0.3 is 5.97 Å². The molecular formula is C7H9N3O2S2. The van der Waals surface area contributed by atoms with Crippen LogP contribution in [0.1, 0.15) is 6.92 Å². The first-order chi connectivity index (χ1) is 6.58. The normalized spacial score (nSPS) is 11.6. The van der Waals surface area contributed by atoms with Crippen LogP contribution in [0.4, 0.5) is 5.13 Å². The van der Waals surface area contributed by atoms with E-state index < -0.39 is 5.97 Å². The van der Waals surface area contributed by atoms with Crippen molar-refractivity contribution in [3.63, 3.8) is 0 Å². The van der Waals surface area contributed by atoms with Gasteiger partial charge < -0.3 is 10.8 Å². The van der Waals surface area contributed by atoms with Crippen molar-refractivity contribution in [1.29, 1.82) is 0 Å². The molecule has 76 valence electrons. The number of nitrogens with two attached hydrogens (primary N) is 1. The molecule has 3 N–H and O–H groups in total. The summed E-state index contributed by atoms with van der Waals surface area (Å²) >= 11 is 2.72. The Morgan fingerprint density at radius 1 is 1.71 bits per heavy atom. The second-order valence-corrected chi connectivity index (χ2v) is 4.76. The fraction of sp³-hybridized carbons (Fsp3) is 0.286. The number of nitrogens with zero attached hydrogens (tertiary/aromatic N) is 2. The average Bonchev–Trinajstić information content (AvgIpc) is 2.47. The Balaban J connectivity index is 2.45. The highest BCUT2D eigenvalue weighted by Crippen LogP contribution is 2.24. The highest BCUT2D eigenvalue weighted by atomic mass is 32.2. The lowest BCUT2D eigenvalue weighted by Gasteiger charge is -1.95. The summed E-state index contributed by atoms with van der Waals surface area (Å²) in [7, 11) is 0. The number of rotatable bonds is 4. The molecular weight excluding hydrogens is 222 g/mol. The van der Waals surface area contributed by atoms with Gasteiger partial charge in [0.05, 0.1) is 0 Å². The van der Waals surface area contributed by atoms with Gasteiger partial charge in [0.1, 0.15) is 0 Å². The van der Waals surface area contributed by atoms with Crippen molar-refractivity contribution in [3.05, 3.63) is 11.6 Å². The number of nitrogen functional groups attached to an aromatic ring is 1. The fourth-order valence-corrected chi connectivity index (χ4v) is 2.25. The summed E-state index contributed by atoms with van der Waals surface area (Å²) in [4.78, 5) is 10.3. The van der Waals surface area contributed by atoms with Crippen molar-refractivity contribution < 1.29 is 9.90 Å². The van der Waals surface area contributed by atoms with Gasteiger partial charge in [0.15, 0.2) is 4.34 Å². The second kappa shape index (κ2) is 4.97. The highest BCUT2D eigenvalue weighted by Gasteiger charge is 2.02. The summed E-state index contributed by atoms with van der Waals surface area (Å²) in [6, 6.07) is 0. The zero-order valence-electron chi connectivity index (χ0n) is 7.43. The van der Waals surface area contributed by atoms with E-state index in [9.17, 15) is 4.79 Å². The highest BCUT2D eigenvalue weighted by molar-refractivity contribution is 8.01. The van der Waals surface area contributed by atoms with Crippen molar-refractivity contribution in [2.75, 3.05) is 11.5 Å². The summed E-state index contributed by atoms with van der Waals surface area (Å²) < 4.78 is 0.751. The van der Waals surface area contributed by atoms with Crippen molar-refractivity contribution in [2.24, 2.45) is 0 Å². The van der Waals surface area contributed by atoms with Gasteiger partial charge in [-0.1, -0.05) is 28.7 Å². The van der Waals surface area contributed by atoms with Gasteiger partial charge in [0.2, 0.25) is 5.13 Å². The molecule has 0 aromatic carbocycles. The van der Waals surface area contributed by atoms with Gasteiger partial charge in [0, 0.05) is 11.8 Å². The third kappa shape index (κ3) is 3.75. The molecule has 0 aliphatic carbocycles. The van der Waals surface area contributed by atoms with E-state index in [0.29, 0.717) is 10.9 Å². The maximum Gasteiger partial charge on any atom is 0.328 e. The number of aromatic nitrogens is 2. The minimum absolute atomic E-state index is 0.423. The molecule has 0 unspecified atom stereocenters. The van der Waals surface area contributed by atoms with Crippen molar-refractivity contribution in [2.45, 2.75) is 11.3 Å². The number of aliphatic carboxylic acids is 1. The van der Waals surface area contributed by atoms with E-state index in [4.69, 9.17) is 10.8 Å². The molecule has 0 amide bonds. The molecule has 0 spiro atoms. The molecule has 0 saturated heterocycles. The summed E-state index contributed by atoms with van der Waals surface area (Å²) in [5, 5.41) is 16.3. The lowest BCUT2D eigenvalue weighted by Crippen LogP contribution is -1.91. The molecule has 5 nitrogen and oxygen atoms in total. The van der Waals surface area contributed by atoms with Crippen LogP contribution in [0.3, 0.4) is 0 Å². The smallest absolute Gasteiger partial charge is 0.328 e. The quantitative estimate of drug-likeness (QED) is 0.598. The maximum atomic E-state index is 10.3. The average molecular weight is 231 g/mol. The van der Waals surface area contributed by atoms with Gasteiger partial charge in [0.25, 0.3) is 0 Å². The van der Waals surface area contributed by atoms with Gasteiger partial charge in [-0.15, -0.1) is 10.2 Å². The van der Waals surface area contributed by atoms with E-state index in [-0.39, 0.29) is 0 Å². The number of carboxylic acids is 1. The summed E-state index contributed by atoms with van der Waals surface area (Å²) in [5.41, 5.74) is 6.16. The lowest BCUT2D eigenvalue weighted by atomic mass is 10.3. The number of hydrogen-bond acceptors (Lipinski definition) is 6. The van der Waals surface area contributed by atoms with E-state index in [1.807, 2.05) is 0 Å². The largest absolute Gasteiger partial charge is 0.478 e. The predicted octanol–water partition coefficient (Wildman–Crippen LogP) is 1.24. The molecule has 0 atom stereocenters. The molecule has 0 aliphatic heterocycles. The molecule has 0 aliphatic rings. The Morgan fingerprint density at radius 3 is 2.93 bits per heavy atom. The third-order valence-electron chi connectivity index (χ3n) is 1.22. The SMILES string of the molecule is CC(=CC(=O)O)CSc1nnc(N)s1. The molecule has 0 saturated carbocycles. The first-order valence-corrected chi connectivity index (χ1v) is 5.50. The van der Waals surface area contributed by atoms with Crippen LogP contribution in [-0.2, 0) is 4.79 Å². The number of hydrogen-bond donors (Lipinski definition) is 2. The van der Waals surface area contributed by atoms with Crippen LogP contribution in [0, 0.1) is 0 Å². The van der Waals surface area contributed by atoms with Crippen molar-refractivity contribution in [1.82, 2.24) is 10.2 Å². The monoisotopic (exact) mass is 231 g/mol. The van der Waals surface area contributed by atoms with E-state index in [1.54, 1.807) is 6.92 Å². The zero-order valence-corrected chi connectivity index (χ0v) is 9.06. The van der Waals surface area contributed by atoms with Crippen LogP contribution in [0.25, 0.3) is 0 Å². The fourth-order valence-electron chi connectivity index (χ4n) is 0.707. The van der Waals surface area contributed by atoms with Crippen LogP contribution < -0.4 is 5.73 Å². The number of carbonyl (C=O) groups is 1. The van der Waals surface area contributed by atoms with Crippen molar-refractivity contribution in [3.8, 4) is 0 Å². The molecule has 1 aromatic heterocycles. The Kier molecular flexibility index (Phi) is 3.90. The zero-order chi connectivity index (χ0) is 10.6.